The van der Waals surface area contributed by atoms with E-state index in [0.717, 1.165) is 16.7 Å². The Morgan fingerprint density at radius 2 is 2.14 bits per heavy atom. The fourth-order valence-electron chi connectivity index (χ4n) is 1.07. The molecule has 0 unspecified atom stereocenters. The number of nitrogens with zero attached hydrogens (tertiary/aromatic N) is 2. The normalized spacial score (nSPS) is 16.8. The van der Waals surface area contributed by atoms with E-state index >= 15 is 0 Å². The van der Waals surface area contributed by atoms with Crippen molar-refractivity contribution in [2.24, 2.45) is 4.99 Å². The Kier molecular flexibility index (Phi) is 2.84. The van der Waals surface area contributed by atoms with Crippen molar-refractivity contribution in [3.63, 3.8) is 0 Å². The number of rotatable bonds is 0. The molecular formula is C8H12N2O3S. The van der Waals surface area contributed by atoms with E-state index in [1.165, 1.54) is 0 Å². The summed E-state index contributed by atoms with van der Waals surface area (Å²) in [6.07, 6.45) is -1.08. The van der Waals surface area contributed by atoms with E-state index < -0.39 is 11.6 Å². The van der Waals surface area contributed by atoms with E-state index in [1.54, 1.807) is 20.8 Å². The Balaban J connectivity index is 2.96. The van der Waals surface area contributed by atoms with Gasteiger partial charge in [0.05, 0.1) is 5.75 Å². The minimum absolute atomic E-state index is 0.231. The van der Waals surface area contributed by atoms with Crippen molar-refractivity contribution in [2.75, 3.05) is 5.75 Å². The van der Waals surface area contributed by atoms with E-state index in [9.17, 15) is 9.59 Å². The summed E-state index contributed by atoms with van der Waals surface area (Å²) in [4.78, 5) is 26.6. The number of hydrogen-bond donors (Lipinski definition) is 1. The van der Waals surface area contributed by atoms with Crippen molar-refractivity contribution >= 4 is 28.9 Å². The Labute approximate surface area is 86.2 Å². The molecule has 0 aromatic rings. The Morgan fingerprint density at radius 1 is 1.57 bits per heavy atom. The lowest BCUT2D eigenvalue weighted by Gasteiger charge is -2.31. The lowest BCUT2D eigenvalue weighted by molar-refractivity contribution is -0.115. The van der Waals surface area contributed by atoms with Crippen molar-refractivity contribution in [3.8, 4) is 0 Å². The van der Waals surface area contributed by atoms with Gasteiger partial charge in [-0.2, -0.15) is 4.99 Å². The number of carboxylic acid groups (broad SMARTS) is 1. The highest BCUT2D eigenvalue weighted by atomic mass is 32.2. The van der Waals surface area contributed by atoms with Gasteiger partial charge in [-0.3, -0.25) is 9.69 Å². The summed E-state index contributed by atoms with van der Waals surface area (Å²) in [5, 5.41) is 9.25. The van der Waals surface area contributed by atoms with E-state index in [4.69, 9.17) is 5.11 Å². The summed E-state index contributed by atoms with van der Waals surface area (Å²) in [5.41, 5.74) is -0.581. The van der Waals surface area contributed by atoms with E-state index in [1.807, 2.05) is 0 Å². The monoisotopic (exact) mass is 216 g/mol. The third-order valence-electron chi connectivity index (χ3n) is 1.60. The molecule has 0 saturated carbocycles. The second-order valence-electron chi connectivity index (χ2n) is 3.87. The minimum atomic E-state index is -1.08. The quantitative estimate of drug-likeness (QED) is 0.664. The first-order valence-electron chi connectivity index (χ1n) is 4.10. The van der Waals surface area contributed by atoms with Crippen LogP contribution in [0.5, 0.6) is 0 Å². The molecule has 1 rings (SSSR count). The molecule has 0 radical (unpaired) electrons. The number of amides is 2. The average Bonchev–Trinajstić information content (AvgIpc) is 2.31. The number of hydrogen-bond acceptors (Lipinski definition) is 3. The molecule has 0 saturated heterocycles. The van der Waals surface area contributed by atoms with Crippen LogP contribution in [0, 0.1) is 0 Å². The van der Waals surface area contributed by atoms with E-state index in [-0.39, 0.29) is 16.8 Å². The van der Waals surface area contributed by atoms with Crippen molar-refractivity contribution in [2.45, 2.75) is 26.3 Å². The smallest absolute Gasteiger partial charge is 0.413 e. The summed E-state index contributed by atoms with van der Waals surface area (Å²) >= 11 is 1.16. The molecule has 1 aliphatic heterocycles. The zero-order valence-electron chi connectivity index (χ0n) is 8.27. The molecule has 2 amide bonds. The number of amidine groups is 1. The third kappa shape index (κ3) is 2.25. The maximum atomic E-state index is 11.0. The first kappa shape index (κ1) is 11.0. The van der Waals surface area contributed by atoms with Crippen LogP contribution in [-0.2, 0) is 4.79 Å². The average molecular weight is 216 g/mol. The van der Waals surface area contributed by atoms with E-state index in [0.29, 0.717) is 0 Å². The fourth-order valence-corrected chi connectivity index (χ4v) is 2.03. The molecule has 5 nitrogen and oxygen atoms in total. The Hall–Kier alpha value is -1.04. The molecular weight excluding hydrogens is 204 g/mol. The van der Waals surface area contributed by atoms with Gasteiger partial charge in [0.1, 0.15) is 0 Å². The molecule has 0 spiro atoms. The maximum Gasteiger partial charge on any atom is 0.413 e. The van der Waals surface area contributed by atoms with Crippen LogP contribution in [0.2, 0.25) is 0 Å². The molecule has 78 valence electrons. The third-order valence-corrected chi connectivity index (χ3v) is 2.52. The van der Waals surface area contributed by atoms with Crippen LogP contribution in [0.3, 0.4) is 0 Å². The largest absolute Gasteiger partial charge is 0.465 e. The zero-order valence-corrected chi connectivity index (χ0v) is 9.09. The predicted molar refractivity (Wildman–Crippen MR) is 54.5 cm³/mol. The number of aliphatic imine (C=N–C) groups is 1. The van der Waals surface area contributed by atoms with Crippen molar-refractivity contribution in [1.82, 2.24) is 4.90 Å². The van der Waals surface area contributed by atoms with Crippen LogP contribution in [0.4, 0.5) is 4.79 Å². The van der Waals surface area contributed by atoms with Gasteiger partial charge >= 0.3 is 6.09 Å². The standard InChI is InChI=1S/C8H12N2O3S/c1-8(2,3)10(7(12)13)6-9-5(11)4-14-6/h4H2,1-3H3,(H,12,13). The topological polar surface area (TPSA) is 70.0 Å². The lowest BCUT2D eigenvalue weighted by atomic mass is 10.1. The zero-order chi connectivity index (χ0) is 10.9. The second kappa shape index (κ2) is 3.61. The molecule has 0 aliphatic carbocycles. The summed E-state index contributed by atoms with van der Waals surface area (Å²) in [7, 11) is 0. The maximum absolute atomic E-state index is 11.0. The SMILES string of the molecule is CC(C)(C)N(C(=O)O)C1=NC(=O)CS1. The van der Waals surface area contributed by atoms with Gasteiger partial charge in [0.15, 0.2) is 5.17 Å². The first-order valence-corrected chi connectivity index (χ1v) is 5.08. The van der Waals surface area contributed by atoms with Gasteiger partial charge in [-0.1, -0.05) is 11.8 Å². The van der Waals surface area contributed by atoms with Gasteiger partial charge in [0.25, 0.3) is 5.91 Å². The minimum Gasteiger partial charge on any atom is -0.465 e. The molecule has 1 aliphatic rings. The van der Waals surface area contributed by atoms with Crippen LogP contribution in [0.15, 0.2) is 4.99 Å². The number of carbonyl (C=O) groups excluding carboxylic acids is 1. The molecule has 0 fully saturated rings. The summed E-state index contributed by atoms with van der Waals surface area (Å²) in [6.45, 7) is 5.27. The number of carbonyl (C=O) groups is 2. The Bertz CT molecular complexity index is 306. The molecule has 0 aromatic heterocycles. The van der Waals surface area contributed by atoms with Crippen LogP contribution in [0.25, 0.3) is 0 Å². The van der Waals surface area contributed by atoms with Crippen molar-refractivity contribution in [3.05, 3.63) is 0 Å². The molecule has 1 heterocycles. The van der Waals surface area contributed by atoms with Gasteiger partial charge < -0.3 is 5.11 Å². The van der Waals surface area contributed by atoms with Crippen LogP contribution >= 0.6 is 11.8 Å². The number of thioether (sulfide) groups is 1. The van der Waals surface area contributed by atoms with Gasteiger partial charge in [0, 0.05) is 5.54 Å². The summed E-state index contributed by atoms with van der Waals surface area (Å²) in [5.74, 6) is -0.0460. The Morgan fingerprint density at radius 3 is 2.43 bits per heavy atom. The summed E-state index contributed by atoms with van der Waals surface area (Å²) < 4.78 is 0. The van der Waals surface area contributed by atoms with Gasteiger partial charge in [-0.05, 0) is 20.8 Å². The van der Waals surface area contributed by atoms with E-state index in [2.05, 4.69) is 4.99 Å². The van der Waals surface area contributed by atoms with Crippen LogP contribution < -0.4 is 0 Å². The second-order valence-corrected chi connectivity index (χ2v) is 4.81. The predicted octanol–water partition coefficient (Wildman–Crippen LogP) is 1.39. The highest BCUT2D eigenvalue weighted by Crippen LogP contribution is 2.23. The van der Waals surface area contributed by atoms with Gasteiger partial charge in [0.2, 0.25) is 0 Å². The molecule has 1 N–H and O–H groups in total. The van der Waals surface area contributed by atoms with Crippen LogP contribution in [-0.4, -0.2) is 38.5 Å². The molecule has 0 atom stereocenters. The molecule has 0 bridgehead atoms. The highest BCUT2D eigenvalue weighted by Gasteiger charge is 2.34. The first-order chi connectivity index (χ1) is 6.32. The van der Waals surface area contributed by atoms with Gasteiger partial charge in [-0.15, -0.1) is 0 Å². The van der Waals surface area contributed by atoms with Crippen molar-refractivity contribution < 1.29 is 14.7 Å². The van der Waals surface area contributed by atoms with Gasteiger partial charge in [-0.25, -0.2) is 4.79 Å². The molecule has 0 aromatic carbocycles. The summed E-state index contributed by atoms with van der Waals surface area (Å²) in [6, 6.07) is 0. The molecule has 6 heteroatoms. The lowest BCUT2D eigenvalue weighted by Crippen LogP contribution is -2.47. The van der Waals surface area contributed by atoms with Crippen LogP contribution in [0.1, 0.15) is 20.8 Å². The highest BCUT2D eigenvalue weighted by molar-refractivity contribution is 8.14. The fraction of sp³-hybridized carbons (Fsp3) is 0.625. The molecule has 14 heavy (non-hydrogen) atoms. The van der Waals surface area contributed by atoms with Crippen molar-refractivity contribution in [1.29, 1.82) is 0 Å².